The van der Waals surface area contributed by atoms with Gasteiger partial charge in [-0.1, -0.05) is 17.7 Å². The molecule has 0 amide bonds. The molecule has 27 heavy (non-hydrogen) atoms. The predicted molar refractivity (Wildman–Crippen MR) is 107 cm³/mol. The highest BCUT2D eigenvalue weighted by Crippen LogP contribution is 2.32. The summed E-state index contributed by atoms with van der Waals surface area (Å²) in [7, 11) is 0. The highest BCUT2D eigenvalue weighted by atomic mass is 35.5. The van der Waals surface area contributed by atoms with Crippen LogP contribution in [0.4, 0.5) is 10.1 Å². The third-order valence-electron chi connectivity index (χ3n) is 4.67. The number of piperazine rings is 1. The molecule has 8 heteroatoms. The van der Waals surface area contributed by atoms with Crippen molar-refractivity contribution in [2.75, 3.05) is 38.3 Å². The van der Waals surface area contributed by atoms with Crippen molar-refractivity contribution in [3.8, 4) is 11.5 Å². The number of nitrogens with one attached hydrogen (secondary N) is 1. The number of nitrogens with zero attached hydrogens (tertiary/aromatic N) is 2. The molecule has 142 valence electrons. The summed E-state index contributed by atoms with van der Waals surface area (Å²) in [4.78, 5) is 4.49. The van der Waals surface area contributed by atoms with Gasteiger partial charge in [0.15, 0.2) is 16.6 Å². The summed E-state index contributed by atoms with van der Waals surface area (Å²) in [5.41, 5.74) is 1.89. The van der Waals surface area contributed by atoms with Gasteiger partial charge in [0, 0.05) is 38.4 Å². The third-order valence-corrected chi connectivity index (χ3v) is 5.32. The molecule has 4 rings (SSSR count). The average Bonchev–Trinajstić information content (AvgIpc) is 3.13. The Bertz CT molecular complexity index is 859. The molecule has 0 aliphatic carbocycles. The first kappa shape index (κ1) is 18.3. The molecule has 1 saturated heterocycles. The van der Waals surface area contributed by atoms with Gasteiger partial charge in [0.2, 0.25) is 6.79 Å². The van der Waals surface area contributed by atoms with E-state index in [0.29, 0.717) is 17.6 Å². The van der Waals surface area contributed by atoms with E-state index in [1.54, 1.807) is 12.1 Å². The highest BCUT2D eigenvalue weighted by molar-refractivity contribution is 7.80. The quantitative estimate of drug-likeness (QED) is 0.781. The van der Waals surface area contributed by atoms with Crippen molar-refractivity contribution in [1.82, 2.24) is 9.80 Å². The minimum absolute atomic E-state index is 0.0799. The Hall–Kier alpha value is -2.09. The van der Waals surface area contributed by atoms with E-state index in [-0.39, 0.29) is 5.02 Å². The number of thiocarbonyl (C=S) groups is 1. The Morgan fingerprint density at radius 2 is 1.85 bits per heavy atom. The zero-order valence-corrected chi connectivity index (χ0v) is 16.2. The second-order valence-electron chi connectivity index (χ2n) is 6.51. The standard InChI is InChI=1S/C19H19ClFN3O2S/c20-15-10-14(2-3-16(15)21)22-19(27)24-7-5-23(6-8-24)11-13-1-4-17-18(9-13)26-12-25-17/h1-4,9-10H,5-8,11-12H2,(H,22,27). The van der Waals surface area contributed by atoms with Gasteiger partial charge in [-0.2, -0.15) is 0 Å². The molecular formula is C19H19ClFN3O2S. The fraction of sp³-hybridized carbons (Fsp3) is 0.316. The van der Waals surface area contributed by atoms with Gasteiger partial charge in [0.05, 0.1) is 5.02 Å². The van der Waals surface area contributed by atoms with Crippen molar-refractivity contribution in [2.45, 2.75) is 6.54 Å². The van der Waals surface area contributed by atoms with Crippen LogP contribution in [0.5, 0.6) is 11.5 Å². The number of ether oxygens (including phenoxy) is 2. The molecule has 2 heterocycles. The van der Waals surface area contributed by atoms with E-state index in [2.05, 4.69) is 21.2 Å². The van der Waals surface area contributed by atoms with Crippen molar-refractivity contribution < 1.29 is 13.9 Å². The van der Waals surface area contributed by atoms with Crippen LogP contribution in [-0.4, -0.2) is 47.9 Å². The Kier molecular flexibility index (Phi) is 5.33. The second-order valence-corrected chi connectivity index (χ2v) is 7.30. The van der Waals surface area contributed by atoms with Crippen LogP contribution in [0.3, 0.4) is 0 Å². The lowest BCUT2D eigenvalue weighted by molar-refractivity contribution is 0.173. The maximum Gasteiger partial charge on any atom is 0.231 e. The molecule has 0 bridgehead atoms. The Labute approximate surface area is 167 Å². The SMILES string of the molecule is Fc1ccc(NC(=S)N2CCN(Cc3ccc4c(c3)OCO4)CC2)cc1Cl. The predicted octanol–water partition coefficient (Wildman–Crippen LogP) is 3.72. The normalized spacial score (nSPS) is 16.4. The third kappa shape index (κ3) is 4.26. The fourth-order valence-corrected chi connectivity index (χ4v) is 3.66. The summed E-state index contributed by atoms with van der Waals surface area (Å²) in [5, 5.41) is 3.84. The number of benzene rings is 2. The van der Waals surface area contributed by atoms with Crippen LogP contribution in [0.25, 0.3) is 0 Å². The van der Waals surface area contributed by atoms with Crippen LogP contribution in [0, 0.1) is 5.82 Å². The Morgan fingerprint density at radius 3 is 2.63 bits per heavy atom. The topological polar surface area (TPSA) is 37.0 Å². The van der Waals surface area contributed by atoms with Gasteiger partial charge in [0.1, 0.15) is 5.82 Å². The van der Waals surface area contributed by atoms with E-state index >= 15 is 0 Å². The second kappa shape index (κ2) is 7.88. The molecule has 2 aromatic carbocycles. The minimum Gasteiger partial charge on any atom is -0.454 e. The summed E-state index contributed by atoms with van der Waals surface area (Å²) in [6.45, 7) is 4.61. The molecule has 0 spiro atoms. The summed E-state index contributed by atoms with van der Waals surface area (Å²) in [6, 6.07) is 10.6. The number of hydrogen-bond donors (Lipinski definition) is 1. The molecule has 0 unspecified atom stereocenters. The van der Waals surface area contributed by atoms with Crippen molar-refractivity contribution >= 4 is 34.6 Å². The number of anilines is 1. The molecule has 2 aromatic rings. The van der Waals surface area contributed by atoms with Crippen molar-refractivity contribution in [3.05, 3.63) is 52.8 Å². The van der Waals surface area contributed by atoms with Crippen LogP contribution < -0.4 is 14.8 Å². The number of rotatable bonds is 3. The van der Waals surface area contributed by atoms with E-state index in [1.807, 2.05) is 12.1 Å². The first-order chi connectivity index (χ1) is 13.1. The van der Waals surface area contributed by atoms with E-state index < -0.39 is 5.82 Å². The molecule has 1 N–H and O–H groups in total. The van der Waals surface area contributed by atoms with Gasteiger partial charge in [-0.05, 0) is 48.1 Å². The average molecular weight is 408 g/mol. The maximum absolute atomic E-state index is 13.3. The van der Waals surface area contributed by atoms with Crippen molar-refractivity contribution in [3.63, 3.8) is 0 Å². The van der Waals surface area contributed by atoms with E-state index in [1.165, 1.54) is 11.6 Å². The van der Waals surface area contributed by atoms with Gasteiger partial charge in [0.25, 0.3) is 0 Å². The van der Waals surface area contributed by atoms with Gasteiger partial charge in [-0.25, -0.2) is 4.39 Å². The fourth-order valence-electron chi connectivity index (χ4n) is 3.18. The van der Waals surface area contributed by atoms with Crippen molar-refractivity contribution in [1.29, 1.82) is 0 Å². The molecule has 2 aliphatic rings. The number of fused-ring (bicyclic) bond motifs is 1. The maximum atomic E-state index is 13.3. The molecular weight excluding hydrogens is 389 g/mol. The molecule has 0 radical (unpaired) electrons. The molecule has 5 nitrogen and oxygen atoms in total. The Morgan fingerprint density at radius 1 is 1.07 bits per heavy atom. The molecule has 0 saturated carbocycles. The van der Waals surface area contributed by atoms with Crippen molar-refractivity contribution in [2.24, 2.45) is 0 Å². The molecule has 0 atom stereocenters. The molecule has 0 aromatic heterocycles. The van der Waals surface area contributed by atoms with Gasteiger partial charge in [-0.15, -0.1) is 0 Å². The van der Waals surface area contributed by atoms with Gasteiger partial charge >= 0.3 is 0 Å². The monoisotopic (exact) mass is 407 g/mol. The highest BCUT2D eigenvalue weighted by Gasteiger charge is 2.20. The summed E-state index contributed by atoms with van der Waals surface area (Å²) in [5.74, 6) is 1.18. The van der Waals surface area contributed by atoms with E-state index in [0.717, 1.165) is 44.2 Å². The lowest BCUT2D eigenvalue weighted by atomic mass is 10.1. The zero-order valence-electron chi connectivity index (χ0n) is 14.6. The lowest BCUT2D eigenvalue weighted by Gasteiger charge is -2.36. The van der Waals surface area contributed by atoms with Crippen LogP contribution in [-0.2, 0) is 6.54 Å². The number of hydrogen-bond acceptors (Lipinski definition) is 4. The summed E-state index contributed by atoms with van der Waals surface area (Å²) < 4.78 is 24.1. The van der Waals surface area contributed by atoms with E-state index in [4.69, 9.17) is 33.3 Å². The van der Waals surface area contributed by atoms with Gasteiger partial charge in [-0.3, -0.25) is 4.90 Å². The van der Waals surface area contributed by atoms with Crippen LogP contribution in [0.1, 0.15) is 5.56 Å². The van der Waals surface area contributed by atoms with Crippen LogP contribution in [0.2, 0.25) is 5.02 Å². The molecule has 2 aliphatic heterocycles. The smallest absolute Gasteiger partial charge is 0.231 e. The zero-order chi connectivity index (χ0) is 18.8. The molecule has 1 fully saturated rings. The summed E-state index contributed by atoms with van der Waals surface area (Å²) in [6.07, 6.45) is 0. The minimum atomic E-state index is -0.440. The first-order valence-electron chi connectivity index (χ1n) is 8.70. The van der Waals surface area contributed by atoms with Gasteiger partial charge < -0.3 is 19.7 Å². The summed E-state index contributed by atoms with van der Waals surface area (Å²) >= 11 is 11.3. The first-order valence-corrected chi connectivity index (χ1v) is 9.49. The Balaban J connectivity index is 1.29. The largest absolute Gasteiger partial charge is 0.454 e. The van der Waals surface area contributed by atoms with E-state index in [9.17, 15) is 4.39 Å². The van der Waals surface area contributed by atoms with Crippen LogP contribution >= 0.6 is 23.8 Å². The lowest BCUT2D eigenvalue weighted by Crippen LogP contribution is -2.49. The van der Waals surface area contributed by atoms with Crippen LogP contribution in [0.15, 0.2) is 36.4 Å². The number of halogens is 2.